The standard InChI is InChI=1S/C10H9BrN2O/c11-6-1-2-7-8(5-6)13-10(3-4-10)9(14)12-7/h1-2,5,13H,3-4H2,(H,12,14). The van der Waals surface area contributed by atoms with Gasteiger partial charge in [-0.25, -0.2) is 0 Å². The van der Waals surface area contributed by atoms with Crippen molar-refractivity contribution in [3.05, 3.63) is 22.7 Å². The van der Waals surface area contributed by atoms with Crippen LogP contribution in [0, 0.1) is 0 Å². The zero-order valence-corrected chi connectivity index (χ0v) is 9.02. The van der Waals surface area contributed by atoms with Gasteiger partial charge in [0.15, 0.2) is 0 Å². The second-order valence-electron chi connectivity index (χ2n) is 3.85. The molecule has 0 atom stereocenters. The van der Waals surface area contributed by atoms with Gasteiger partial charge in [0.2, 0.25) is 5.91 Å². The van der Waals surface area contributed by atoms with E-state index >= 15 is 0 Å². The fourth-order valence-electron chi connectivity index (χ4n) is 1.76. The van der Waals surface area contributed by atoms with Gasteiger partial charge in [-0.15, -0.1) is 0 Å². The first-order chi connectivity index (χ1) is 6.70. The predicted octanol–water partition coefficient (Wildman–Crippen LogP) is 2.35. The topological polar surface area (TPSA) is 41.1 Å². The normalized spacial score (nSPS) is 21.1. The Morgan fingerprint density at radius 2 is 2.07 bits per heavy atom. The summed E-state index contributed by atoms with van der Waals surface area (Å²) in [7, 11) is 0. The lowest BCUT2D eigenvalue weighted by Gasteiger charge is -2.26. The van der Waals surface area contributed by atoms with Crippen LogP contribution in [0.2, 0.25) is 0 Å². The van der Waals surface area contributed by atoms with E-state index in [0.717, 1.165) is 28.7 Å². The van der Waals surface area contributed by atoms with Crippen LogP contribution in [0.25, 0.3) is 0 Å². The number of anilines is 2. The molecular weight excluding hydrogens is 244 g/mol. The minimum atomic E-state index is -0.298. The number of carbonyl (C=O) groups excluding carboxylic acids is 1. The SMILES string of the molecule is O=C1Nc2ccc(Br)cc2NC12CC2. The van der Waals surface area contributed by atoms with E-state index in [1.165, 1.54) is 0 Å². The molecule has 72 valence electrons. The number of hydrogen-bond acceptors (Lipinski definition) is 2. The molecule has 3 rings (SSSR count). The first-order valence-electron chi connectivity index (χ1n) is 4.59. The molecule has 1 aliphatic carbocycles. The van der Waals surface area contributed by atoms with Crippen molar-refractivity contribution in [3.8, 4) is 0 Å². The zero-order chi connectivity index (χ0) is 9.76. The molecule has 1 amide bonds. The van der Waals surface area contributed by atoms with Crippen molar-refractivity contribution in [1.82, 2.24) is 0 Å². The van der Waals surface area contributed by atoms with Gasteiger partial charge in [0, 0.05) is 4.47 Å². The molecule has 0 aromatic heterocycles. The van der Waals surface area contributed by atoms with Crippen LogP contribution in [0.1, 0.15) is 12.8 Å². The molecule has 4 heteroatoms. The van der Waals surface area contributed by atoms with E-state index in [4.69, 9.17) is 0 Å². The minimum absolute atomic E-state index is 0.104. The molecule has 0 bridgehead atoms. The van der Waals surface area contributed by atoms with E-state index < -0.39 is 0 Å². The Balaban J connectivity index is 2.07. The first-order valence-corrected chi connectivity index (χ1v) is 5.38. The van der Waals surface area contributed by atoms with Crippen molar-refractivity contribution in [2.45, 2.75) is 18.4 Å². The smallest absolute Gasteiger partial charge is 0.250 e. The van der Waals surface area contributed by atoms with Crippen molar-refractivity contribution in [2.24, 2.45) is 0 Å². The van der Waals surface area contributed by atoms with E-state index in [0.29, 0.717) is 0 Å². The van der Waals surface area contributed by atoms with Crippen LogP contribution in [0.3, 0.4) is 0 Å². The Kier molecular flexibility index (Phi) is 1.49. The third-order valence-electron chi connectivity index (χ3n) is 2.79. The van der Waals surface area contributed by atoms with Crippen LogP contribution in [0.5, 0.6) is 0 Å². The summed E-state index contributed by atoms with van der Waals surface area (Å²) in [5, 5.41) is 6.21. The lowest BCUT2D eigenvalue weighted by Crippen LogP contribution is -2.40. The second-order valence-corrected chi connectivity index (χ2v) is 4.77. The van der Waals surface area contributed by atoms with Gasteiger partial charge in [-0.05, 0) is 31.0 Å². The van der Waals surface area contributed by atoms with Crippen LogP contribution in [-0.2, 0) is 4.79 Å². The van der Waals surface area contributed by atoms with Gasteiger partial charge < -0.3 is 10.6 Å². The van der Waals surface area contributed by atoms with Crippen molar-refractivity contribution in [3.63, 3.8) is 0 Å². The maximum Gasteiger partial charge on any atom is 0.250 e. The molecule has 2 aliphatic rings. The summed E-state index contributed by atoms with van der Waals surface area (Å²) in [6.45, 7) is 0. The fraction of sp³-hybridized carbons (Fsp3) is 0.300. The molecule has 1 spiro atoms. The molecule has 0 saturated heterocycles. The lowest BCUT2D eigenvalue weighted by atomic mass is 10.1. The number of fused-ring (bicyclic) bond motifs is 1. The molecule has 2 N–H and O–H groups in total. The summed E-state index contributed by atoms with van der Waals surface area (Å²) >= 11 is 3.41. The molecule has 3 nitrogen and oxygen atoms in total. The van der Waals surface area contributed by atoms with Gasteiger partial charge in [-0.1, -0.05) is 15.9 Å². The molecule has 1 aliphatic heterocycles. The summed E-state index contributed by atoms with van der Waals surface area (Å²) in [6, 6.07) is 5.82. The molecule has 1 aromatic rings. The van der Waals surface area contributed by atoms with Crippen molar-refractivity contribution in [2.75, 3.05) is 10.6 Å². The van der Waals surface area contributed by atoms with Crippen LogP contribution >= 0.6 is 15.9 Å². The third kappa shape index (κ3) is 1.07. The average molecular weight is 253 g/mol. The highest BCUT2D eigenvalue weighted by Gasteiger charge is 2.52. The molecule has 0 radical (unpaired) electrons. The van der Waals surface area contributed by atoms with E-state index in [9.17, 15) is 4.79 Å². The summed E-state index contributed by atoms with van der Waals surface area (Å²) in [5.74, 6) is 0.104. The van der Waals surface area contributed by atoms with Crippen LogP contribution in [0.4, 0.5) is 11.4 Å². The highest BCUT2D eigenvalue weighted by Crippen LogP contribution is 2.45. The van der Waals surface area contributed by atoms with Crippen molar-refractivity contribution in [1.29, 1.82) is 0 Å². The monoisotopic (exact) mass is 252 g/mol. The number of hydrogen-bond donors (Lipinski definition) is 2. The van der Waals surface area contributed by atoms with Crippen molar-refractivity contribution >= 4 is 33.2 Å². The summed E-state index contributed by atoms with van der Waals surface area (Å²) in [4.78, 5) is 11.6. The molecule has 1 fully saturated rings. The van der Waals surface area contributed by atoms with E-state index in [-0.39, 0.29) is 11.4 Å². The third-order valence-corrected chi connectivity index (χ3v) is 3.28. The molecule has 1 aromatic carbocycles. The van der Waals surface area contributed by atoms with E-state index in [2.05, 4.69) is 26.6 Å². The van der Waals surface area contributed by atoms with Gasteiger partial charge in [-0.3, -0.25) is 4.79 Å². The molecule has 1 heterocycles. The van der Waals surface area contributed by atoms with Gasteiger partial charge >= 0.3 is 0 Å². The first kappa shape index (κ1) is 8.29. The fourth-order valence-corrected chi connectivity index (χ4v) is 2.12. The Morgan fingerprint density at radius 1 is 1.29 bits per heavy atom. The number of rotatable bonds is 0. The molecule has 0 unspecified atom stereocenters. The summed E-state index contributed by atoms with van der Waals surface area (Å²) in [6.07, 6.45) is 1.87. The average Bonchev–Trinajstić information content (AvgIpc) is 2.89. The maximum absolute atomic E-state index is 11.6. The van der Waals surface area contributed by atoms with Crippen LogP contribution < -0.4 is 10.6 Å². The van der Waals surface area contributed by atoms with Gasteiger partial charge in [0.05, 0.1) is 11.4 Å². The van der Waals surface area contributed by atoms with E-state index in [1.807, 2.05) is 18.2 Å². The second kappa shape index (κ2) is 2.51. The predicted molar refractivity (Wildman–Crippen MR) is 58.4 cm³/mol. The van der Waals surface area contributed by atoms with E-state index in [1.54, 1.807) is 0 Å². The van der Waals surface area contributed by atoms with Gasteiger partial charge in [-0.2, -0.15) is 0 Å². The summed E-state index contributed by atoms with van der Waals surface area (Å²) in [5.41, 5.74) is 1.58. The molecule has 14 heavy (non-hydrogen) atoms. The summed E-state index contributed by atoms with van der Waals surface area (Å²) < 4.78 is 1.02. The van der Waals surface area contributed by atoms with Gasteiger partial charge in [0.25, 0.3) is 0 Å². The van der Waals surface area contributed by atoms with Crippen LogP contribution in [-0.4, -0.2) is 11.4 Å². The number of benzene rings is 1. The highest BCUT2D eigenvalue weighted by atomic mass is 79.9. The Bertz CT molecular complexity index is 426. The Labute approximate surface area is 90.0 Å². The van der Waals surface area contributed by atoms with Crippen molar-refractivity contribution < 1.29 is 4.79 Å². The highest BCUT2D eigenvalue weighted by molar-refractivity contribution is 9.10. The zero-order valence-electron chi connectivity index (χ0n) is 7.43. The quantitative estimate of drug-likeness (QED) is 0.745. The minimum Gasteiger partial charge on any atom is -0.369 e. The Morgan fingerprint density at radius 3 is 2.79 bits per heavy atom. The number of carbonyl (C=O) groups is 1. The van der Waals surface area contributed by atoms with Crippen LogP contribution in [0.15, 0.2) is 22.7 Å². The number of halogens is 1. The molecular formula is C10H9BrN2O. The Hall–Kier alpha value is -1.03. The number of amides is 1. The number of nitrogens with one attached hydrogen (secondary N) is 2. The lowest BCUT2D eigenvalue weighted by molar-refractivity contribution is -0.117. The largest absolute Gasteiger partial charge is 0.369 e. The maximum atomic E-state index is 11.6. The van der Waals surface area contributed by atoms with Gasteiger partial charge in [0.1, 0.15) is 5.54 Å². The molecule has 1 saturated carbocycles.